The third-order valence-electron chi connectivity index (χ3n) is 2.74. The maximum absolute atomic E-state index is 12.7. The van der Waals surface area contributed by atoms with E-state index in [2.05, 4.69) is 5.32 Å². The summed E-state index contributed by atoms with van der Waals surface area (Å²) in [6.07, 6.45) is -4.40. The minimum atomic E-state index is -4.40. The average molecular weight is 265 g/mol. The van der Waals surface area contributed by atoms with Crippen LogP contribution in [-0.2, 0) is 6.18 Å². The van der Waals surface area contributed by atoms with Gasteiger partial charge in [-0.1, -0.05) is 17.7 Å². The maximum atomic E-state index is 12.7. The topological polar surface area (TPSA) is 15.3 Å². The molecule has 94 valence electrons. The van der Waals surface area contributed by atoms with E-state index in [0.29, 0.717) is 18.8 Å². The first-order valence-corrected chi connectivity index (χ1v) is 5.69. The summed E-state index contributed by atoms with van der Waals surface area (Å²) in [6.45, 7) is 2.85. The number of hydrogen-bond acceptors (Lipinski definition) is 2. The molecule has 0 radical (unpaired) electrons. The number of anilines is 1. The SMILES string of the molecule is FC(F)(F)c1cccc(N2CCNCC2)c1Cl. The Hall–Kier alpha value is -0.940. The first kappa shape index (κ1) is 12.5. The summed E-state index contributed by atoms with van der Waals surface area (Å²) in [5.41, 5.74) is -0.307. The number of halogens is 4. The fraction of sp³-hybridized carbons (Fsp3) is 0.455. The predicted molar refractivity (Wildman–Crippen MR) is 61.5 cm³/mol. The van der Waals surface area contributed by atoms with Gasteiger partial charge in [0.05, 0.1) is 16.3 Å². The number of rotatable bonds is 1. The van der Waals surface area contributed by atoms with Gasteiger partial charge in [0.2, 0.25) is 0 Å². The first-order valence-electron chi connectivity index (χ1n) is 5.31. The van der Waals surface area contributed by atoms with Crippen LogP contribution in [0.2, 0.25) is 5.02 Å². The summed E-state index contributed by atoms with van der Waals surface area (Å²) in [7, 11) is 0. The summed E-state index contributed by atoms with van der Waals surface area (Å²) < 4.78 is 38.0. The Morgan fingerprint density at radius 2 is 1.82 bits per heavy atom. The van der Waals surface area contributed by atoms with Gasteiger partial charge in [0.25, 0.3) is 0 Å². The minimum absolute atomic E-state index is 0.207. The highest BCUT2D eigenvalue weighted by Crippen LogP contribution is 2.39. The van der Waals surface area contributed by atoms with E-state index in [0.717, 1.165) is 19.2 Å². The quantitative estimate of drug-likeness (QED) is 0.839. The Kier molecular flexibility index (Phi) is 3.49. The van der Waals surface area contributed by atoms with Crippen LogP contribution in [0.4, 0.5) is 18.9 Å². The number of piperazine rings is 1. The predicted octanol–water partition coefficient (Wildman–Crippen LogP) is 2.77. The average Bonchev–Trinajstić information content (AvgIpc) is 2.29. The zero-order valence-corrected chi connectivity index (χ0v) is 9.78. The number of benzene rings is 1. The molecule has 0 atom stereocenters. The molecule has 1 heterocycles. The molecule has 2 rings (SSSR count). The second kappa shape index (κ2) is 4.74. The van der Waals surface area contributed by atoms with E-state index in [1.54, 1.807) is 6.07 Å². The molecule has 1 aliphatic rings. The number of nitrogens with zero attached hydrogens (tertiary/aromatic N) is 1. The lowest BCUT2D eigenvalue weighted by Gasteiger charge is -2.30. The van der Waals surface area contributed by atoms with Gasteiger partial charge in [0.1, 0.15) is 0 Å². The van der Waals surface area contributed by atoms with Crippen molar-refractivity contribution in [3.63, 3.8) is 0 Å². The molecule has 1 fully saturated rings. The largest absolute Gasteiger partial charge is 0.417 e. The Labute approximate surface area is 102 Å². The second-order valence-corrected chi connectivity index (χ2v) is 4.25. The molecule has 0 aliphatic carbocycles. The molecule has 0 unspecified atom stereocenters. The van der Waals surface area contributed by atoms with Crippen LogP contribution in [0, 0.1) is 0 Å². The second-order valence-electron chi connectivity index (χ2n) is 3.87. The van der Waals surface area contributed by atoms with Gasteiger partial charge in [0.15, 0.2) is 0 Å². The van der Waals surface area contributed by atoms with Crippen molar-refractivity contribution in [1.82, 2.24) is 5.32 Å². The normalized spacial score (nSPS) is 17.3. The highest BCUT2D eigenvalue weighted by Gasteiger charge is 2.34. The van der Waals surface area contributed by atoms with Crippen molar-refractivity contribution in [3.8, 4) is 0 Å². The summed E-state index contributed by atoms with van der Waals surface area (Å²) >= 11 is 5.84. The highest BCUT2D eigenvalue weighted by atomic mass is 35.5. The Morgan fingerprint density at radius 3 is 2.41 bits per heavy atom. The van der Waals surface area contributed by atoms with Gasteiger partial charge in [-0.25, -0.2) is 0 Å². The van der Waals surface area contributed by atoms with Crippen LogP contribution in [0.15, 0.2) is 18.2 Å². The van der Waals surface area contributed by atoms with E-state index >= 15 is 0 Å². The van der Waals surface area contributed by atoms with Gasteiger partial charge >= 0.3 is 6.18 Å². The third-order valence-corrected chi connectivity index (χ3v) is 3.14. The zero-order valence-electron chi connectivity index (χ0n) is 9.02. The molecule has 1 aromatic carbocycles. The summed E-state index contributed by atoms with van der Waals surface area (Å²) in [5.74, 6) is 0. The molecule has 0 bridgehead atoms. The summed E-state index contributed by atoms with van der Waals surface area (Å²) in [6, 6.07) is 4.03. The van der Waals surface area contributed by atoms with Crippen LogP contribution < -0.4 is 10.2 Å². The van der Waals surface area contributed by atoms with E-state index in [1.165, 1.54) is 6.07 Å². The zero-order chi connectivity index (χ0) is 12.5. The lowest BCUT2D eigenvalue weighted by Crippen LogP contribution is -2.43. The van der Waals surface area contributed by atoms with Crippen LogP contribution in [0.5, 0.6) is 0 Å². The smallest absolute Gasteiger partial charge is 0.368 e. The van der Waals surface area contributed by atoms with Gasteiger partial charge in [-0.3, -0.25) is 0 Å². The van der Waals surface area contributed by atoms with E-state index in [-0.39, 0.29) is 5.02 Å². The Balaban J connectivity index is 2.35. The molecule has 1 aliphatic heterocycles. The van der Waals surface area contributed by atoms with Crippen molar-refractivity contribution < 1.29 is 13.2 Å². The van der Waals surface area contributed by atoms with Crippen molar-refractivity contribution in [2.45, 2.75) is 6.18 Å². The van der Waals surface area contributed by atoms with Crippen molar-refractivity contribution in [2.75, 3.05) is 31.1 Å². The third kappa shape index (κ3) is 2.66. The first-order chi connectivity index (χ1) is 8.00. The van der Waals surface area contributed by atoms with Crippen molar-refractivity contribution in [1.29, 1.82) is 0 Å². The summed E-state index contributed by atoms with van der Waals surface area (Å²) in [5, 5.41) is 2.94. The van der Waals surface area contributed by atoms with E-state index in [1.807, 2.05) is 4.90 Å². The van der Waals surface area contributed by atoms with Crippen LogP contribution >= 0.6 is 11.6 Å². The molecule has 1 N–H and O–H groups in total. The molecule has 1 aromatic rings. The molecular weight excluding hydrogens is 253 g/mol. The fourth-order valence-electron chi connectivity index (χ4n) is 1.89. The van der Waals surface area contributed by atoms with Crippen LogP contribution in [0.25, 0.3) is 0 Å². The maximum Gasteiger partial charge on any atom is 0.417 e. The van der Waals surface area contributed by atoms with Crippen LogP contribution in [0.1, 0.15) is 5.56 Å². The van der Waals surface area contributed by atoms with E-state index < -0.39 is 11.7 Å². The lowest BCUT2D eigenvalue weighted by molar-refractivity contribution is -0.137. The molecule has 0 spiro atoms. The molecule has 0 aromatic heterocycles. The van der Waals surface area contributed by atoms with Gasteiger partial charge in [-0.05, 0) is 12.1 Å². The van der Waals surface area contributed by atoms with Crippen molar-refractivity contribution >= 4 is 17.3 Å². The molecular formula is C11H12ClF3N2. The molecule has 6 heteroatoms. The monoisotopic (exact) mass is 264 g/mol. The Morgan fingerprint density at radius 1 is 1.18 bits per heavy atom. The van der Waals surface area contributed by atoms with Crippen LogP contribution in [-0.4, -0.2) is 26.2 Å². The van der Waals surface area contributed by atoms with Gasteiger partial charge < -0.3 is 10.2 Å². The fourth-order valence-corrected chi connectivity index (χ4v) is 2.24. The van der Waals surface area contributed by atoms with E-state index in [9.17, 15) is 13.2 Å². The number of hydrogen-bond donors (Lipinski definition) is 1. The van der Waals surface area contributed by atoms with E-state index in [4.69, 9.17) is 11.6 Å². The molecule has 17 heavy (non-hydrogen) atoms. The standard InChI is InChI=1S/C11H12ClF3N2/c12-10-8(11(13,14)15)2-1-3-9(10)17-6-4-16-5-7-17/h1-3,16H,4-7H2. The molecule has 1 saturated heterocycles. The number of nitrogens with one attached hydrogen (secondary N) is 1. The Bertz CT molecular complexity index is 400. The van der Waals surface area contributed by atoms with Crippen LogP contribution in [0.3, 0.4) is 0 Å². The van der Waals surface area contributed by atoms with Gasteiger partial charge in [-0.2, -0.15) is 13.2 Å². The molecule has 0 amide bonds. The van der Waals surface area contributed by atoms with Gasteiger partial charge in [-0.15, -0.1) is 0 Å². The summed E-state index contributed by atoms with van der Waals surface area (Å²) in [4.78, 5) is 1.87. The van der Waals surface area contributed by atoms with Crippen molar-refractivity contribution in [3.05, 3.63) is 28.8 Å². The highest BCUT2D eigenvalue weighted by molar-refractivity contribution is 6.34. The van der Waals surface area contributed by atoms with Crippen molar-refractivity contribution in [2.24, 2.45) is 0 Å². The molecule has 0 saturated carbocycles. The molecule has 2 nitrogen and oxygen atoms in total. The lowest BCUT2D eigenvalue weighted by atomic mass is 10.1. The number of alkyl halides is 3. The minimum Gasteiger partial charge on any atom is -0.368 e. The van der Waals surface area contributed by atoms with Gasteiger partial charge in [0, 0.05) is 26.2 Å².